The number of amides is 1. The van der Waals surface area contributed by atoms with Crippen molar-refractivity contribution in [3.05, 3.63) is 83.3 Å². The van der Waals surface area contributed by atoms with Crippen LogP contribution in [0.25, 0.3) is 10.9 Å². The number of ketones is 1. The summed E-state index contributed by atoms with van der Waals surface area (Å²) in [5.41, 5.74) is 8.98. The fourth-order valence-electron chi connectivity index (χ4n) is 4.93. The minimum atomic E-state index is -0.586. The van der Waals surface area contributed by atoms with Crippen LogP contribution in [0.15, 0.2) is 61.1 Å². The maximum atomic E-state index is 13.1. The van der Waals surface area contributed by atoms with E-state index in [2.05, 4.69) is 25.2 Å². The van der Waals surface area contributed by atoms with Gasteiger partial charge in [-0.2, -0.15) is 0 Å². The van der Waals surface area contributed by atoms with Gasteiger partial charge < -0.3 is 25.6 Å². The predicted octanol–water partition coefficient (Wildman–Crippen LogP) is 3.70. The Morgan fingerprint density at radius 2 is 1.83 bits per heavy atom. The van der Waals surface area contributed by atoms with Gasteiger partial charge in [0.05, 0.1) is 11.1 Å². The fourth-order valence-corrected chi connectivity index (χ4v) is 4.93. The number of carbonyl (C=O) groups excluding carboxylic acids is 2. The highest BCUT2D eigenvalue weighted by Gasteiger charge is 2.17. The Kier molecular flexibility index (Phi) is 8.69. The van der Waals surface area contributed by atoms with Gasteiger partial charge in [0.15, 0.2) is 5.78 Å². The van der Waals surface area contributed by atoms with Crippen molar-refractivity contribution in [2.75, 3.05) is 50.6 Å². The second-order valence-corrected chi connectivity index (χ2v) is 10.5. The Hall–Kier alpha value is -4.57. The van der Waals surface area contributed by atoms with Gasteiger partial charge in [-0.3, -0.25) is 9.59 Å². The molecule has 0 unspecified atom stereocenters. The molecule has 41 heavy (non-hydrogen) atoms. The molecule has 0 spiro atoms. The van der Waals surface area contributed by atoms with Crippen LogP contribution >= 0.6 is 0 Å². The van der Waals surface area contributed by atoms with Gasteiger partial charge in [-0.05, 0) is 62.3 Å². The van der Waals surface area contributed by atoms with E-state index in [1.165, 1.54) is 6.33 Å². The Morgan fingerprint density at radius 3 is 2.61 bits per heavy atom. The number of hydrogen-bond donors (Lipinski definition) is 2. The number of rotatable bonds is 12. The van der Waals surface area contributed by atoms with E-state index < -0.39 is 5.91 Å². The molecule has 3 N–H and O–H groups in total. The molecule has 10 heteroatoms. The first-order valence-corrected chi connectivity index (χ1v) is 13.8. The van der Waals surface area contributed by atoms with Crippen LogP contribution < -0.4 is 20.7 Å². The molecule has 0 saturated carbocycles. The number of fused-ring (bicyclic) bond motifs is 1. The summed E-state index contributed by atoms with van der Waals surface area (Å²) in [6.07, 6.45) is 5.73. The summed E-state index contributed by atoms with van der Waals surface area (Å²) in [7, 11) is 3.92. The van der Waals surface area contributed by atoms with Crippen molar-refractivity contribution < 1.29 is 14.3 Å². The van der Waals surface area contributed by atoms with Crippen molar-refractivity contribution in [2.45, 2.75) is 25.8 Å². The molecule has 0 atom stereocenters. The standard InChI is InChI=1S/C31H35N7O3/c1-37(2)12-13-41-24-17-25(30(32)40)29-26(18-24)31(36-20-35-29)34-19-22-7-5-6-21(14-22)15-27(39)23-8-9-33-28(16-23)38-10-3-4-11-38/h5-9,14,16-18,20H,3-4,10-13,15,19H2,1-2H3,(H2,32,40)(H,34,35,36). The van der Waals surface area contributed by atoms with Gasteiger partial charge in [0.25, 0.3) is 5.91 Å². The number of hydrogen-bond acceptors (Lipinski definition) is 9. The number of nitrogens with one attached hydrogen (secondary N) is 1. The molecular formula is C31H35N7O3. The molecule has 5 rings (SSSR count). The van der Waals surface area contributed by atoms with Gasteiger partial charge in [0, 0.05) is 49.7 Å². The van der Waals surface area contributed by atoms with Crippen molar-refractivity contribution in [2.24, 2.45) is 5.73 Å². The zero-order chi connectivity index (χ0) is 28.8. The lowest BCUT2D eigenvalue weighted by molar-refractivity contribution is 0.0987. The molecular weight excluding hydrogens is 518 g/mol. The molecule has 0 bridgehead atoms. The van der Waals surface area contributed by atoms with Gasteiger partial charge in [0.2, 0.25) is 0 Å². The van der Waals surface area contributed by atoms with Gasteiger partial charge in [0.1, 0.15) is 30.3 Å². The fraction of sp³-hybridized carbons (Fsp3) is 0.323. The molecule has 2 aromatic carbocycles. The first-order chi connectivity index (χ1) is 19.9. The number of nitrogens with two attached hydrogens (primary N) is 1. The zero-order valence-electron chi connectivity index (χ0n) is 23.5. The van der Waals surface area contributed by atoms with E-state index >= 15 is 0 Å². The third-order valence-corrected chi connectivity index (χ3v) is 7.10. The number of aromatic nitrogens is 3. The number of carbonyl (C=O) groups is 2. The third kappa shape index (κ3) is 6.96. The van der Waals surface area contributed by atoms with Crippen molar-refractivity contribution in [3.8, 4) is 5.75 Å². The normalized spacial score (nSPS) is 13.1. The number of anilines is 2. The molecule has 10 nitrogen and oxygen atoms in total. The van der Waals surface area contributed by atoms with Crippen LogP contribution in [0.2, 0.25) is 0 Å². The number of benzene rings is 2. The van der Waals surface area contributed by atoms with Crippen LogP contribution in [0.4, 0.5) is 11.6 Å². The monoisotopic (exact) mass is 553 g/mol. The van der Waals surface area contributed by atoms with Crippen LogP contribution in [-0.4, -0.2) is 71.9 Å². The molecule has 1 amide bonds. The Balaban J connectivity index is 1.30. The van der Waals surface area contributed by atoms with Crippen molar-refractivity contribution in [3.63, 3.8) is 0 Å². The lowest BCUT2D eigenvalue weighted by Crippen LogP contribution is -2.19. The maximum absolute atomic E-state index is 13.1. The maximum Gasteiger partial charge on any atom is 0.251 e. The lowest BCUT2D eigenvalue weighted by atomic mass is 10.0. The number of pyridine rings is 1. The largest absolute Gasteiger partial charge is 0.492 e. The van der Waals surface area contributed by atoms with E-state index in [1.54, 1.807) is 18.3 Å². The number of ether oxygens (including phenoxy) is 1. The highest BCUT2D eigenvalue weighted by atomic mass is 16.5. The zero-order valence-corrected chi connectivity index (χ0v) is 23.5. The minimum Gasteiger partial charge on any atom is -0.492 e. The molecule has 1 aliphatic rings. The first kappa shape index (κ1) is 28.0. The smallest absolute Gasteiger partial charge is 0.251 e. The number of nitrogens with zero attached hydrogens (tertiary/aromatic N) is 5. The average Bonchev–Trinajstić information content (AvgIpc) is 3.51. The van der Waals surface area contributed by atoms with E-state index in [-0.39, 0.29) is 11.3 Å². The van der Waals surface area contributed by atoms with Gasteiger partial charge in [-0.1, -0.05) is 24.3 Å². The highest BCUT2D eigenvalue weighted by molar-refractivity contribution is 6.07. The SMILES string of the molecule is CN(C)CCOc1cc(C(N)=O)c2ncnc(NCc3cccc(CC(=O)c4ccnc(N5CCCC5)c4)c3)c2c1. The first-order valence-electron chi connectivity index (χ1n) is 13.8. The molecule has 0 aliphatic carbocycles. The summed E-state index contributed by atoms with van der Waals surface area (Å²) >= 11 is 0. The summed E-state index contributed by atoms with van der Waals surface area (Å²) < 4.78 is 5.89. The van der Waals surface area contributed by atoms with E-state index in [0.717, 1.165) is 49.4 Å². The summed E-state index contributed by atoms with van der Waals surface area (Å²) in [6, 6.07) is 15.0. The number of Topliss-reactive ketones (excluding diaryl/α,β-unsaturated/α-hetero) is 1. The summed E-state index contributed by atoms with van der Waals surface area (Å²) in [6.45, 7) is 3.60. The van der Waals surface area contributed by atoms with Gasteiger partial charge in [-0.15, -0.1) is 0 Å². The van der Waals surface area contributed by atoms with Gasteiger partial charge in [-0.25, -0.2) is 15.0 Å². The summed E-state index contributed by atoms with van der Waals surface area (Å²) in [5, 5.41) is 4.00. The highest BCUT2D eigenvalue weighted by Crippen LogP contribution is 2.28. The number of likely N-dealkylation sites (N-methyl/N-ethyl adjacent to an activating group) is 1. The predicted molar refractivity (Wildman–Crippen MR) is 160 cm³/mol. The number of primary amides is 1. The van der Waals surface area contributed by atoms with E-state index in [4.69, 9.17) is 10.5 Å². The van der Waals surface area contributed by atoms with Gasteiger partial charge >= 0.3 is 0 Å². The average molecular weight is 554 g/mol. The summed E-state index contributed by atoms with van der Waals surface area (Å²) in [5.74, 6) is 1.42. The van der Waals surface area contributed by atoms with Crippen molar-refractivity contribution in [1.29, 1.82) is 0 Å². The van der Waals surface area contributed by atoms with Crippen molar-refractivity contribution in [1.82, 2.24) is 19.9 Å². The molecule has 1 aliphatic heterocycles. The quantitative estimate of drug-likeness (QED) is 0.253. The molecule has 1 fully saturated rings. The van der Waals surface area contributed by atoms with E-state index in [9.17, 15) is 9.59 Å². The Bertz CT molecular complexity index is 1550. The Labute approximate surface area is 239 Å². The second kappa shape index (κ2) is 12.7. The molecule has 4 aromatic rings. The molecule has 0 radical (unpaired) electrons. The Morgan fingerprint density at radius 1 is 1.02 bits per heavy atom. The third-order valence-electron chi connectivity index (χ3n) is 7.10. The molecule has 1 saturated heterocycles. The van der Waals surface area contributed by atoms with Crippen LogP contribution in [0.5, 0.6) is 5.75 Å². The van der Waals surface area contributed by atoms with Crippen molar-refractivity contribution >= 4 is 34.2 Å². The molecule has 2 aromatic heterocycles. The molecule has 3 heterocycles. The van der Waals surface area contributed by atoms with Crippen LogP contribution in [0.1, 0.15) is 44.7 Å². The lowest BCUT2D eigenvalue weighted by Gasteiger charge is -2.16. The minimum absolute atomic E-state index is 0.0560. The van der Waals surface area contributed by atoms with E-state index in [0.29, 0.717) is 47.6 Å². The topological polar surface area (TPSA) is 127 Å². The van der Waals surface area contributed by atoms with Crippen LogP contribution in [0, 0.1) is 0 Å². The van der Waals surface area contributed by atoms with E-state index in [1.807, 2.05) is 55.4 Å². The summed E-state index contributed by atoms with van der Waals surface area (Å²) in [4.78, 5) is 42.8. The van der Waals surface area contributed by atoms with Crippen LogP contribution in [-0.2, 0) is 13.0 Å². The second-order valence-electron chi connectivity index (χ2n) is 10.5. The van der Waals surface area contributed by atoms with Crippen LogP contribution in [0.3, 0.4) is 0 Å². The molecule has 212 valence electrons.